The Bertz CT molecular complexity index is 1110. The second-order valence-electron chi connectivity index (χ2n) is 9.57. The lowest BCUT2D eigenvalue weighted by Crippen LogP contribution is -2.16. The van der Waals surface area contributed by atoms with E-state index in [1.807, 2.05) is 0 Å². The molecule has 0 unspecified atom stereocenters. The molecule has 206 valence electrons. The Morgan fingerprint density at radius 3 is 1.45 bits per heavy atom. The predicted octanol–water partition coefficient (Wildman–Crippen LogP) is 6.06. The quantitative estimate of drug-likeness (QED) is 0.255. The average Bonchev–Trinajstić information content (AvgIpc) is 3.44. The van der Waals surface area contributed by atoms with Crippen LogP contribution in [-0.4, -0.2) is 37.0 Å². The Morgan fingerprint density at radius 1 is 0.658 bits per heavy atom. The molecule has 0 spiro atoms. The highest BCUT2D eigenvalue weighted by Gasteiger charge is 2.28. The van der Waals surface area contributed by atoms with Gasteiger partial charge in [0, 0.05) is 22.6 Å². The number of ether oxygens (including phenoxy) is 2. The van der Waals surface area contributed by atoms with Gasteiger partial charge in [0.25, 0.3) is 0 Å². The normalized spacial score (nSPS) is 14.3. The van der Waals surface area contributed by atoms with Gasteiger partial charge in [0.15, 0.2) is 0 Å². The van der Waals surface area contributed by atoms with E-state index in [9.17, 15) is 19.2 Å². The monoisotopic (exact) mass is 560 g/mol. The number of carbonyl (C=O) groups is 4. The van der Waals surface area contributed by atoms with Gasteiger partial charge in [0.2, 0.25) is 11.8 Å². The van der Waals surface area contributed by atoms with E-state index >= 15 is 0 Å². The van der Waals surface area contributed by atoms with E-state index in [0.29, 0.717) is 34.0 Å². The molecular weight excluding hydrogens is 524 g/mol. The molecule has 4 rings (SSSR count). The molecule has 0 atom stereocenters. The van der Waals surface area contributed by atoms with E-state index < -0.39 is 0 Å². The molecule has 10 heteroatoms. The second kappa shape index (κ2) is 13.4. The minimum Gasteiger partial charge on any atom is -0.462 e. The molecule has 2 heterocycles. The lowest BCUT2D eigenvalue weighted by molar-refractivity contribution is -0.118. The third-order valence-corrected chi connectivity index (χ3v) is 9.28. The first kappa shape index (κ1) is 28.3. The van der Waals surface area contributed by atoms with Gasteiger partial charge in [-0.1, -0.05) is 0 Å². The maximum absolute atomic E-state index is 12.7. The first-order valence-electron chi connectivity index (χ1n) is 13.7. The molecule has 2 amide bonds. The summed E-state index contributed by atoms with van der Waals surface area (Å²) in [6.45, 7) is 4.12. The van der Waals surface area contributed by atoms with E-state index in [1.54, 1.807) is 13.8 Å². The Balaban J connectivity index is 1.29. The summed E-state index contributed by atoms with van der Waals surface area (Å²) in [6, 6.07) is 0. The number of hydrogen-bond acceptors (Lipinski definition) is 8. The third-order valence-electron chi connectivity index (χ3n) is 6.87. The summed E-state index contributed by atoms with van der Waals surface area (Å²) >= 11 is 2.95. The highest BCUT2D eigenvalue weighted by molar-refractivity contribution is 7.17. The maximum Gasteiger partial charge on any atom is 0.341 e. The number of amides is 2. The van der Waals surface area contributed by atoms with Crippen LogP contribution < -0.4 is 10.6 Å². The first-order valence-corrected chi connectivity index (χ1v) is 15.3. The fraction of sp³-hybridized carbons (Fsp3) is 0.571. The van der Waals surface area contributed by atoms with Gasteiger partial charge in [-0.3, -0.25) is 9.59 Å². The van der Waals surface area contributed by atoms with Crippen LogP contribution in [0, 0.1) is 0 Å². The number of carbonyl (C=O) groups excluding carboxylic acids is 4. The topological polar surface area (TPSA) is 111 Å². The summed E-state index contributed by atoms with van der Waals surface area (Å²) in [4.78, 5) is 52.9. The highest BCUT2D eigenvalue weighted by Crippen LogP contribution is 2.40. The molecule has 0 saturated heterocycles. The van der Waals surface area contributed by atoms with Gasteiger partial charge in [-0.05, 0) is 89.2 Å². The largest absolute Gasteiger partial charge is 0.462 e. The smallest absolute Gasteiger partial charge is 0.341 e. The van der Waals surface area contributed by atoms with Crippen LogP contribution in [-0.2, 0) is 44.7 Å². The van der Waals surface area contributed by atoms with Crippen molar-refractivity contribution in [2.45, 2.75) is 90.9 Å². The van der Waals surface area contributed by atoms with Crippen molar-refractivity contribution in [1.29, 1.82) is 0 Å². The van der Waals surface area contributed by atoms with Crippen molar-refractivity contribution < 1.29 is 28.7 Å². The van der Waals surface area contributed by atoms with Crippen LogP contribution >= 0.6 is 22.7 Å². The molecule has 2 aliphatic carbocycles. The van der Waals surface area contributed by atoms with Crippen molar-refractivity contribution in [3.05, 3.63) is 32.0 Å². The van der Waals surface area contributed by atoms with Crippen molar-refractivity contribution in [2.24, 2.45) is 0 Å². The van der Waals surface area contributed by atoms with Gasteiger partial charge in [0.05, 0.1) is 24.3 Å². The molecule has 2 N–H and O–H groups in total. The number of esters is 2. The van der Waals surface area contributed by atoms with E-state index in [-0.39, 0.29) is 49.8 Å². The van der Waals surface area contributed by atoms with Crippen molar-refractivity contribution in [2.75, 3.05) is 23.8 Å². The number of aryl methyl sites for hydroxylation is 2. The Morgan fingerprint density at radius 2 is 1.05 bits per heavy atom. The van der Waals surface area contributed by atoms with Gasteiger partial charge in [-0.15, -0.1) is 22.7 Å². The van der Waals surface area contributed by atoms with E-state index in [1.165, 1.54) is 22.7 Å². The molecule has 2 aliphatic rings. The van der Waals surface area contributed by atoms with Crippen molar-refractivity contribution in [1.82, 2.24) is 0 Å². The van der Waals surface area contributed by atoms with Gasteiger partial charge in [-0.25, -0.2) is 9.59 Å². The standard InChI is InChI=1S/C28H36N2O6S2/c1-3-35-27(33)23-17-11-5-7-13-19(17)37-25(23)29-21(31)15-9-10-16-22(32)30-26-24(28(34)36-4-2)18-12-6-8-14-20(18)38-26/h3-16H2,1-2H3,(H,29,31)(H,30,32). The van der Waals surface area contributed by atoms with Gasteiger partial charge >= 0.3 is 11.9 Å². The third kappa shape index (κ3) is 6.64. The zero-order valence-corrected chi connectivity index (χ0v) is 23.8. The summed E-state index contributed by atoms with van der Waals surface area (Å²) in [5.74, 6) is -1.11. The zero-order chi connectivity index (χ0) is 27.1. The molecule has 0 saturated carbocycles. The van der Waals surface area contributed by atoms with Crippen LogP contribution in [0.3, 0.4) is 0 Å². The highest BCUT2D eigenvalue weighted by atomic mass is 32.1. The number of thiophene rings is 2. The zero-order valence-electron chi connectivity index (χ0n) is 22.2. The van der Waals surface area contributed by atoms with Crippen LogP contribution in [0.1, 0.15) is 107 Å². The van der Waals surface area contributed by atoms with E-state index in [4.69, 9.17) is 9.47 Å². The van der Waals surface area contributed by atoms with Crippen LogP contribution in [0.25, 0.3) is 0 Å². The fourth-order valence-electron chi connectivity index (χ4n) is 5.10. The number of nitrogens with one attached hydrogen (secondary N) is 2. The van der Waals surface area contributed by atoms with Gasteiger partial charge in [0.1, 0.15) is 10.0 Å². The van der Waals surface area contributed by atoms with Crippen LogP contribution in [0.4, 0.5) is 10.0 Å². The molecule has 0 aliphatic heterocycles. The summed E-state index contributed by atoms with van der Waals surface area (Å²) in [7, 11) is 0. The molecule has 2 aromatic heterocycles. The number of rotatable bonds is 11. The molecular formula is C28H36N2O6S2. The number of hydrogen-bond donors (Lipinski definition) is 2. The van der Waals surface area contributed by atoms with E-state index in [0.717, 1.165) is 72.2 Å². The molecule has 0 aromatic carbocycles. The first-order chi connectivity index (χ1) is 18.4. The average molecular weight is 561 g/mol. The SMILES string of the molecule is CCOC(=O)c1c(NC(=O)CCCCC(=O)Nc2sc3c(c2C(=O)OCC)CCCC3)sc2c1CCCC2. The summed E-state index contributed by atoms with van der Waals surface area (Å²) in [5.41, 5.74) is 3.05. The predicted molar refractivity (Wildman–Crippen MR) is 150 cm³/mol. The number of unbranched alkanes of at least 4 members (excludes halogenated alkanes) is 1. The molecule has 0 radical (unpaired) electrons. The van der Waals surface area contributed by atoms with Gasteiger partial charge in [-0.2, -0.15) is 0 Å². The lowest BCUT2D eigenvalue weighted by Gasteiger charge is -2.12. The van der Waals surface area contributed by atoms with Crippen molar-refractivity contribution in [3.8, 4) is 0 Å². The summed E-state index contributed by atoms with van der Waals surface area (Å²) in [5, 5.41) is 7.00. The van der Waals surface area contributed by atoms with Crippen LogP contribution in [0.2, 0.25) is 0 Å². The Hall–Kier alpha value is -2.72. The number of anilines is 2. The molecule has 8 nitrogen and oxygen atoms in total. The summed E-state index contributed by atoms with van der Waals surface area (Å²) in [6.07, 6.45) is 9.29. The van der Waals surface area contributed by atoms with Crippen LogP contribution in [0.15, 0.2) is 0 Å². The fourth-order valence-corrected chi connectivity index (χ4v) is 7.68. The van der Waals surface area contributed by atoms with E-state index in [2.05, 4.69) is 10.6 Å². The minimum atomic E-state index is -0.378. The molecule has 38 heavy (non-hydrogen) atoms. The van der Waals surface area contributed by atoms with Gasteiger partial charge < -0.3 is 20.1 Å². The number of fused-ring (bicyclic) bond motifs is 2. The second-order valence-corrected chi connectivity index (χ2v) is 11.8. The summed E-state index contributed by atoms with van der Waals surface area (Å²) < 4.78 is 10.5. The molecule has 0 fully saturated rings. The van der Waals surface area contributed by atoms with Crippen molar-refractivity contribution >= 4 is 56.4 Å². The Labute approximate surface area is 231 Å². The molecule has 2 aromatic rings. The minimum absolute atomic E-state index is 0.176. The Kier molecular flexibility index (Phi) is 9.96. The molecule has 0 bridgehead atoms. The van der Waals surface area contributed by atoms with Crippen LogP contribution in [0.5, 0.6) is 0 Å². The van der Waals surface area contributed by atoms with Crippen molar-refractivity contribution in [3.63, 3.8) is 0 Å². The maximum atomic E-state index is 12.7. The lowest BCUT2D eigenvalue weighted by atomic mass is 9.95.